The molecule has 0 aliphatic rings. The molecule has 0 aromatic heterocycles. The van der Waals surface area contributed by atoms with Gasteiger partial charge in [-0.1, -0.05) is 26.0 Å². The minimum absolute atomic E-state index is 0.353. The number of carboxylic acids is 1. The van der Waals surface area contributed by atoms with Crippen LogP contribution in [0.2, 0.25) is 0 Å². The summed E-state index contributed by atoms with van der Waals surface area (Å²) in [6.07, 6.45) is 0.353. The molecule has 0 aliphatic carbocycles. The summed E-state index contributed by atoms with van der Waals surface area (Å²) in [5, 5.41) is 9.15. The third kappa shape index (κ3) is 4.84. The van der Waals surface area contributed by atoms with Crippen molar-refractivity contribution >= 4 is 5.97 Å². The van der Waals surface area contributed by atoms with E-state index < -0.39 is 17.7 Å². The molecule has 4 heteroatoms. The second kappa shape index (κ2) is 7.11. The molecule has 0 saturated heterocycles. The van der Waals surface area contributed by atoms with Crippen molar-refractivity contribution in [2.75, 3.05) is 13.2 Å². The van der Waals surface area contributed by atoms with Gasteiger partial charge in [0.2, 0.25) is 0 Å². The number of ether oxygens (including phenoxy) is 1. The van der Waals surface area contributed by atoms with Crippen LogP contribution in [-0.4, -0.2) is 24.3 Å². The average Bonchev–Trinajstić information content (AvgIpc) is 2.27. The Morgan fingerprint density at radius 3 is 2.72 bits per heavy atom. The van der Waals surface area contributed by atoms with Gasteiger partial charge in [0.25, 0.3) is 0 Å². The molecule has 1 aromatic rings. The van der Waals surface area contributed by atoms with E-state index in [1.54, 1.807) is 6.07 Å². The van der Waals surface area contributed by atoms with Crippen LogP contribution in [-0.2, 0) is 9.53 Å². The molecule has 0 amide bonds. The molecular weight excluding hydrogens is 235 g/mol. The number of hydrogen-bond acceptors (Lipinski definition) is 2. The molecular formula is C14H19FO3. The molecule has 18 heavy (non-hydrogen) atoms. The normalized spacial score (nSPS) is 12.7. The lowest BCUT2D eigenvalue weighted by Crippen LogP contribution is -2.15. The molecule has 100 valence electrons. The molecule has 1 N–H and O–H groups in total. The monoisotopic (exact) mass is 254 g/mol. The Morgan fingerprint density at radius 2 is 2.17 bits per heavy atom. The minimum Gasteiger partial charge on any atom is -0.481 e. The Morgan fingerprint density at radius 1 is 1.44 bits per heavy atom. The van der Waals surface area contributed by atoms with Crippen LogP contribution >= 0.6 is 0 Å². The summed E-state index contributed by atoms with van der Waals surface area (Å²) in [5.74, 6) is -1.66. The van der Waals surface area contributed by atoms with E-state index in [1.807, 2.05) is 13.8 Å². The van der Waals surface area contributed by atoms with Crippen molar-refractivity contribution in [3.8, 4) is 0 Å². The first-order valence-corrected chi connectivity index (χ1v) is 6.06. The number of halogens is 1. The topological polar surface area (TPSA) is 46.5 Å². The van der Waals surface area contributed by atoms with Gasteiger partial charge in [-0.25, -0.2) is 4.39 Å². The lowest BCUT2D eigenvalue weighted by molar-refractivity contribution is -0.139. The Hall–Kier alpha value is -1.42. The van der Waals surface area contributed by atoms with E-state index in [9.17, 15) is 9.18 Å². The largest absolute Gasteiger partial charge is 0.481 e. The Balaban J connectivity index is 2.58. The molecule has 0 spiro atoms. The van der Waals surface area contributed by atoms with Gasteiger partial charge in [-0.3, -0.25) is 4.79 Å². The van der Waals surface area contributed by atoms with E-state index in [1.165, 1.54) is 18.2 Å². The highest BCUT2D eigenvalue weighted by molar-refractivity contribution is 5.76. The molecule has 1 atom stereocenters. The fourth-order valence-corrected chi connectivity index (χ4v) is 1.68. The first-order valence-electron chi connectivity index (χ1n) is 6.06. The maximum atomic E-state index is 13.1. The van der Waals surface area contributed by atoms with Crippen molar-refractivity contribution in [1.29, 1.82) is 0 Å². The van der Waals surface area contributed by atoms with E-state index in [2.05, 4.69) is 0 Å². The zero-order chi connectivity index (χ0) is 13.5. The molecule has 0 bridgehead atoms. The van der Waals surface area contributed by atoms with Gasteiger partial charge in [0, 0.05) is 13.2 Å². The molecule has 1 rings (SSSR count). The number of hydrogen-bond donors (Lipinski definition) is 1. The second-order valence-electron chi connectivity index (χ2n) is 4.70. The minimum atomic E-state index is -0.950. The van der Waals surface area contributed by atoms with Gasteiger partial charge in [0.15, 0.2) is 0 Å². The highest BCUT2D eigenvalue weighted by Gasteiger charge is 2.19. The second-order valence-corrected chi connectivity index (χ2v) is 4.70. The lowest BCUT2D eigenvalue weighted by atomic mass is 9.96. The van der Waals surface area contributed by atoms with Crippen LogP contribution < -0.4 is 0 Å². The van der Waals surface area contributed by atoms with Gasteiger partial charge >= 0.3 is 5.97 Å². The standard InChI is InChI=1S/C14H19FO3/c1-10(2)9-18-7-6-13(14(16)17)11-4-3-5-12(15)8-11/h3-5,8,10,13H,6-7,9H2,1-2H3,(H,16,17). The van der Waals surface area contributed by atoms with E-state index in [4.69, 9.17) is 9.84 Å². The first kappa shape index (κ1) is 14.6. The number of benzene rings is 1. The summed E-state index contributed by atoms with van der Waals surface area (Å²) in [6, 6.07) is 5.72. The highest BCUT2D eigenvalue weighted by atomic mass is 19.1. The van der Waals surface area contributed by atoms with Crippen LogP contribution in [0, 0.1) is 11.7 Å². The van der Waals surface area contributed by atoms with Crippen LogP contribution in [0.15, 0.2) is 24.3 Å². The van der Waals surface area contributed by atoms with Crippen LogP contribution in [0.3, 0.4) is 0 Å². The van der Waals surface area contributed by atoms with Crippen LogP contribution in [0.1, 0.15) is 31.7 Å². The summed E-state index contributed by atoms with van der Waals surface area (Å²) < 4.78 is 18.4. The zero-order valence-electron chi connectivity index (χ0n) is 10.7. The SMILES string of the molecule is CC(C)COCCC(C(=O)O)c1cccc(F)c1. The van der Waals surface area contributed by atoms with Gasteiger partial charge in [-0.15, -0.1) is 0 Å². The molecule has 0 radical (unpaired) electrons. The van der Waals surface area contributed by atoms with Crippen molar-refractivity contribution < 1.29 is 19.0 Å². The fraction of sp³-hybridized carbons (Fsp3) is 0.500. The molecule has 0 saturated carbocycles. The van der Waals surface area contributed by atoms with Gasteiger partial charge in [0.05, 0.1) is 5.92 Å². The number of aliphatic carboxylic acids is 1. The summed E-state index contributed by atoms with van der Waals surface area (Å²) in [7, 11) is 0. The van der Waals surface area contributed by atoms with Crippen LogP contribution in [0.25, 0.3) is 0 Å². The highest BCUT2D eigenvalue weighted by Crippen LogP contribution is 2.21. The smallest absolute Gasteiger partial charge is 0.311 e. The van der Waals surface area contributed by atoms with Crippen molar-refractivity contribution in [3.05, 3.63) is 35.6 Å². The molecule has 3 nitrogen and oxygen atoms in total. The average molecular weight is 254 g/mol. The molecule has 1 aromatic carbocycles. The lowest BCUT2D eigenvalue weighted by Gasteiger charge is -2.13. The summed E-state index contributed by atoms with van der Waals surface area (Å²) in [5.41, 5.74) is 0.482. The van der Waals surface area contributed by atoms with E-state index in [0.29, 0.717) is 31.1 Å². The number of rotatable bonds is 7. The summed E-state index contributed by atoms with van der Waals surface area (Å²) in [6.45, 7) is 5.03. The van der Waals surface area contributed by atoms with Crippen molar-refractivity contribution in [2.45, 2.75) is 26.2 Å². The van der Waals surface area contributed by atoms with Crippen LogP contribution in [0.4, 0.5) is 4.39 Å². The first-order chi connectivity index (χ1) is 8.50. The van der Waals surface area contributed by atoms with E-state index in [-0.39, 0.29) is 0 Å². The summed E-state index contributed by atoms with van der Waals surface area (Å²) >= 11 is 0. The third-order valence-corrected chi connectivity index (χ3v) is 2.55. The molecule has 1 unspecified atom stereocenters. The molecule has 0 fully saturated rings. The van der Waals surface area contributed by atoms with Gasteiger partial charge in [0.1, 0.15) is 5.82 Å². The third-order valence-electron chi connectivity index (χ3n) is 2.55. The maximum Gasteiger partial charge on any atom is 0.311 e. The van der Waals surface area contributed by atoms with E-state index in [0.717, 1.165) is 0 Å². The summed E-state index contributed by atoms with van der Waals surface area (Å²) in [4.78, 5) is 11.2. The predicted octanol–water partition coefficient (Wildman–Crippen LogP) is 3.06. The number of carbonyl (C=O) groups is 1. The number of carboxylic acid groups (broad SMARTS) is 1. The predicted molar refractivity (Wildman–Crippen MR) is 67.1 cm³/mol. The Labute approximate surface area is 107 Å². The molecule has 0 heterocycles. The van der Waals surface area contributed by atoms with Crippen LogP contribution in [0.5, 0.6) is 0 Å². The quantitative estimate of drug-likeness (QED) is 0.761. The maximum absolute atomic E-state index is 13.1. The van der Waals surface area contributed by atoms with Crippen molar-refractivity contribution in [1.82, 2.24) is 0 Å². The van der Waals surface area contributed by atoms with Gasteiger partial charge in [-0.05, 0) is 30.0 Å². The van der Waals surface area contributed by atoms with Gasteiger partial charge in [-0.2, -0.15) is 0 Å². The van der Waals surface area contributed by atoms with Gasteiger partial charge < -0.3 is 9.84 Å². The molecule has 0 aliphatic heterocycles. The van der Waals surface area contributed by atoms with E-state index >= 15 is 0 Å². The Bertz CT molecular complexity index is 390. The van der Waals surface area contributed by atoms with Crippen molar-refractivity contribution in [2.24, 2.45) is 5.92 Å². The Kier molecular flexibility index (Phi) is 5.78. The zero-order valence-corrected chi connectivity index (χ0v) is 10.7. The van der Waals surface area contributed by atoms with Crippen molar-refractivity contribution in [3.63, 3.8) is 0 Å². The fourth-order valence-electron chi connectivity index (χ4n) is 1.68.